The Hall–Kier alpha value is -4.16. The number of hydroxylamine groups is 1. The summed E-state index contributed by atoms with van der Waals surface area (Å²) in [5, 5.41) is 12.8. The summed E-state index contributed by atoms with van der Waals surface area (Å²) in [4.78, 5) is 105. The topological polar surface area (TPSA) is 246 Å². The average molecular weight is 907 g/mol. The van der Waals surface area contributed by atoms with Crippen molar-refractivity contribution in [2.24, 2.45) is 17.8 Å². The molecule has 380 valence electrons. The van der Waals surface area contributed by atoms with E-state index < -0.39 is 85.3 Å². The van der Waals surface area contributed by atoms with Gasteiger partial charge in [0.1, 0.15) is 36.4 Å². The molecular weight excluding hydrogens is 805 g/mol. The molecular formula is C44H102N6O12. The normalized spacial score (nSPS) is 11.0. The zero-order valence-corrected chi connectivity index (χ0v) is 31.3. The third-order valence-corrected chi connectivity index (χ3v) is 6.85. The fourth-order valence-electron chi connectivity index (χ4n) is 4.50. The third kappa shape index (κ3) is 42.5. The number of carbonyl (C=O) groups excluding carboxylic acids is 8. The highest BCUT2D eigenvalue weighted by atomic mass is 16.7. The van der Waals surface area contributed by atoms with Crippen molar-refractivity contribution in [1.29, 1.82) is 0 Å². The zero-order valence-electron chi connectivity index (χ0n) is 31.3. The number of carbonyl (C=O) groups is 8. The maximum Gasteiger partial charge on any atom is 0.331 e. The molecule has 18 heteroatoms. The summed E-state index contributed by atoms with van der Waals surface area (Å²) in [5.41, 5.74) is 2.26. The molecule has 0 rings (SSSR count). The molecule has 0 saturated heterocycles. The fourth-order valence-corrected chi connectivity index (χ4v) is 4.50. The second-order valence-electron chi connectivity index (χ2n) is 13.2. The second-order valence-corrected chi connectivity index (χ2v) is 13.2. The number of ether oxygens (including phenoxy) is 3. The SMILES string of the molecule is C.C.C.C.C.C.C.C.C.C.C.CNC(CNC(=O)C(CC(C)C)NC(=O)CC(=O)NC(CC(C)C)C(=O)OCOC(=O)C(CC(C)C)NC(=O)CC(C)=O)C(=O)NOCCOC. The molecule has 0 aliphatic rings. The van der Waals surface area contributed by atoms with Crippen LogP contribution in [0, 0.1) is 17.8 Å². The number of hydrogen-bond donors (Lipinski definition) is 6. The van der Waals surface area contributed by atoms with Crippen LogP contribution in [0.15, 0.2) is 0 Å². The fraction of sp³-hybridized carbons (Fsp3) is 0.818. The molecule has 18 nitrogen and oxygen atoms in total. The summed E-state index contributed by atoms with van der Waals surface area (Å²) in [5.74, 6) is -5.65. The van der Waals surface area contributed by atoms with Crippen LogP contribution in [0.2, 0.25) is 0 Å². The average Bonchev–Trinajstić information content (AvgIpc) is 3.01. The Morgan fingerprint density at radius 1 is 0.500 bits per heavy atom. The molecule has 0 aromatic rings. The van der Waals surface area contributed by atoms with Crippen molar-refractivity contribution in [2.45, 2.75) is 186 Å². The zero-order chi connectivity index (χ0) is 39.1. The molecule has 5 amide bonds. The number of amides is 5. The Balaban J connectivity index is -0.000000227. The van der Waals surface area contributed by atoms with Crippen molar-refractivity contribution in [3.63, 3.8) is 0 Å². The van der Waals surface area contributed by atoms with Crippen LogP contribution in [0.1, 0.15) is 162 Å². The minimum absolute atomic E-state index is 0. The summed E-state index contributed by atoms with van der Waals surface area (Å²) in [6.07, 6.45) is -0.540. The molecule has 0 heterocycles. The molecule has 0 aliphatic heterocycles. The van der Waals surface area contributed by atoms with Gasteiger partial charge in [-0.3, -0.25) is 33.6 Å². The molecule has 62 heavy (non-hydrogen) atoms. The van der Waals surface area contributed by atoms with Gasteiger partial charge in [0.05, 0.1) is 19.6 Å². The van der Waals surface area contributed by atoms with Crippen LogP contribution < -0.4 is 32.1 Å². The number of ketones is 1. The van der Waals surface area contributed by atoms with Gasteiger partial charge in [-0.2, -0.15) is 0 Å². The quantitative estimate of drug-likeness (QED) is 0.0181. The van der Waals surface area contributed by atoms with Gasteiger partial charge in [0.2, 0.25) is 30.4 Å². The molecule has 0 fully saturated rings. The molecule has 4 atom stereocenters. The number of hydrogen-bond acceptors (Lipinski definition) is 13. The lowest BCUT2D eigenvalue weighted by atomic mass is 10.0. The Labute approximate surface area is 380 Å². The van der Waals surface area contributed by atoms with Gasteiger partial charge in [-0.15, -0.1) is 0 Å². The van der Waals surface area contributed by atoms with E-state index >= 15 is 0 Å². The van der Waals surface area contributed by atoms with Gasteiger partial charge >= 0.3 is 11.9 Å². The van der Waals surface area contributed by atoms with Gasteiger partial charge in [-0.05, 0) is 51.0 Å². The highest BCUT2D eigenvalue weighted by molar-refractivity contribution is 6.00. The van der Waals surface area contributed by atoms with E-state index in [0.717, 1.165) is 0 Å². The summed E-state index contributed by atoms with van der Waals surface area (Å²) in [6, 6.07) is -4.14. The Kier molecular flexibility index (Phi) is 71.0. The lowest BCUT2D eigenvalue weighted by molar-refractivity contribution is -0.171. The first-order chi connectivity index (χ1) is 23.9. The number of rotatable bonds is 26. The van der Waals surface area contributed by atoms with Crippen LogP contribution in [0.3, 0.4) is 0 Å². The smallest absolute Gasteiger partial charge is 0.331 e. The monoisotopic (exact) mass is 907 g/mol. The highest BCUT2D eigenvalue weighted by Crippen LogP contribution is 2.10. The summed E-state index contributed by atoms with van der Waals surface area (Å²) in [6.45, 7) is 11.6. The lowest BCUT2D eigenvalue weighted by Crippen LogP contribution is -2.54. The predicted molar refractivity (Wildman–Crippen MR) is 257 cm³/mol. The molecule has 0 aromatic heterocycles. The highest BCUT2D eigenvalue weighted by Gasteiger charge is 2.29. The molecule has 4 unspecified atom stereocenters. The number of methoxy groups -OCH3 is 1. The van der Waals surface area contributed by atoms with Crippen molar-refractivity contribution in [3.05, 3.63) is 0 Å². The number of likely N-dealkylation sites (N-methyl/N-ethyl adjacent to an activating group) is 1. The van der Waals surface area contributed by atoms with Gasteiger partial charge in [-0.1, -0.05) is 123 Å². The maximum absolute atomic E-state index is 13.0. The van der Waals surface area contributed by atoms with E-state index in [1.54, 1.807) is 13.8 Å². The Bertz CT molecular complexity index is 1170. The molecule has 0 aliphatic carbocycles. The van der Waals surface area contributed by atoms with Gasteiger partial charge in [0.25, 0.3) is 5.91 Å². The van der Waals surface area contributed by atoms with Crippen molar-refractivity contribution in [1.82, 2.24) is 32.1 Å². The van der Waals surface area contributed by atoms with Gasteiger partial charge in [0, 0.05) is 13.7 Å². The molecule has 0 saturated carbocycles. The first-order valence-corrected chi connectivity index (χ1v) is 17.0. The Morgan fingerprint density at radius 3 is 1.23 bits per heavy atom. The van der Waals surface area contributed by atoms with E-state index in [-0.39, 0.29) is 144 Å². The van der Waals surface area contributed by atoms with Crippen molar-refractivity contribution in [2.75, 3.05) is 40.7 Å². The summed E-state index contributed by atoms with van der Waals surface area (Å²) in [7, 11) is 3.01. The number of nitrogens with one attached hydrogen (secondary N) is 6. The maximum atomic E-state index is 13.0. The first-order valence-electron chi connectivity index (χ1n) is 17.0. The molecule has 0 spiro atoms. The van der Waals surface area contributed by atoms with E-state index in [1.165, 1.54) is 21.1 Å². The lowest BCUT2D eigenvalue weighted by Gasteiger charge is -2.23. The van der Waals surface area contributed by atoms with Crippen LogP contribution in [0.5, 0.6) is 0 Å². The third-order valence-electron chi connectivity index (χ3n) is 6.85. The molecule has 0 aromatic carbocycles. The molecule has 6 N–H and O–H groups in total. The summed E-state index contributed by atoms with van der Waals surface area (Å²) >= 11 is 0. The van der Waals surface area contributed by atoms with E-state index in [9.17, 15) is 38.4 Å². The Morgan fingerprint density at radius 2 is 0.871 bits per heavy atom. The predicted octanol–water partition coefficient (Wildman–Crippen LogP) is 6.39. The van der Waals surface area contributed by atoms with Crippen LogP contribution in [0.25, 0.3) is 0 Å². The first kappa shape index (κ1) is 88.9. The minimum atomic E-state index is -1.19. The minimum Gasteiger partial charge on any atom is -0.426 e. The molecule has 0 radical (unpaired) electrons. The van der Waals surface area contributed by atoms with Crippen molar-refractivity contribution in [3.8, 4) is 0 Å². The standard InChI is InChI=1S/C33H58N6O12.11CH4/c1-19(2)12-23(30(44)35-17-26(34-8)31(45)39-51-11-10-48-9)36-28(42)16-29(43)38-25(14-21(5)6)33(47)50-18-49-32(46)24(13-20(3)4)37-27(41)15-22(7)40;;;;;;;;;;;/h19-21,23-26,34H,10-18H2,1-9H3,(H,35,44)(H,36,42)(H,37,41)(H,38,43)(H,39,45);11*1H4. The van der Waals surface area contributed by atoms with E-state index in [0.29, 0.717) is 0 Å². The van der Waals surface area contributed by atoms with E-state index in [2.05, 4.69) is 32.1 Å². The van der Waals surface area contributed by atoms with Crippen LogP contribution >= 0.6 is 0 Å². The van der Waals surface area contributed by atoms with Crippen LogP contribution in [-0.2, 0) is 57.4 Å². The van der Waals surface area contributed by atoms with Crippen molar-refractivity contribution >= 4 is 47.3 Å². The number of Topliss-reactive ketones (excluding diaryl/α,β-unsaturated/α-hetero) is 1. The van der Waals surface area contributed by atoms with E-state index in [1.807, 2.05) is 27.7 Å². The largest absolute Gasteiger partial charge is 0.426 e. The number of esters is 2. The second kappa shape index (κ2) is 49.5. The van der Waals surface area contributed by atoms with Crippen LogP contribution in [-0.4, -0.2) is 112 Å². The van der Waals surface area contributed by atoms with Crippen molar-refractivity contribution < 1.29 is 57.4 Å². The molecule has 0 bridgehead atoms. The van der Waals surface area contributed by atoms with Gasteiger partial charge < -0.3 is 40.8 Å². The van der Waals surface area contributed by atoms with Gasteiger partial charge in [-0.25, -0.2) is 15.1 Å². The van der Waals surface area contributed by atoms with Crippen LogP contribution in [0.4, 0.5) is 0 Å². The summed E-state index contributed by atoms with van der Waals surface area (Å²) < 4.78 is 15.0. The van der Waals surface area contributed by atoms with E-state index in [4.69, 9.17) is 19.0 Å². The van der Waals surface area contributed by atoms with Gasteiger partial charge in [0.15, 0.2) is 0 Å².